The van der Waals surface area contributed by atoms with Crippen LogP contribution in [0.1, 0.15) is 23.7 Å². The second-order valence-electron chi connectivity index (χ2n) is 5.46. The monoisotopic (exact) mass is 355 g/mol. The van der Waals surface area contributed by atoms with Gasteiger partial charge in [0, 0.05) is 17.1 Å². The topological polar surface area (TPSA) is 57.6 Å². The molecule has 2 aromatic rings. The summed E-state index contributed by atoms with van der Waals surface area (Å²) in [5, 5.41) is 10.5. The van der Waals surface area contributed by atoms with E-state index in [-0.39, 0.29) is 18.7 Å². The van der Waals surface area contributed by atoms with Crippen LogP contribution in [0.25, 0.3) is 0 Å². The molecule has 1 atom stereocenters. The fourth-order valence-corrected chi connectivity index (χ4v) is 4.44. The zero-order chi connectivity index (χ0) is 16.6. The molecule has 1 aliphatic rings. The molecule has 122 valence electrons. The van der Waals surface area contributed by atoms with Gasteiger partial charge in [0.2, 0.25) is 10.0 Å². The van der Waals surface area contributed by atoms with E-state index in [2.05, 4.69) is 0 Å². The van der Waals surface area contributed by atoms with Crippen LogP contribution in [-0.4, -0.2) is 20.1 Å². The molecule has 2 aromatic carbocycles. The third-order valence-corrected chi connectivity index (χ3v) is 5.82. The number of hydrogen-bond acceptors (Lipinski definition) is 3. The minimum Gasteiger partial charge on any atom is -0.388 e. The first kappa shape index (κ1) is 16.2. The van der Waals surface area contributed by atoms with Gasteiger partial charge in [-0.05, 0) is 42.3 Å². The van der Waals surface area contributed by atoms with Crippen LogP contribution >= 0.6 is 11.6 Å². The SMILES string of the molecule is O=S(=O)(Cc1ccc(Cl)cc1)N1CCC(O)c2cc(F)ccc21. The largest absolute Gasteiger partial charge is 0.388 e. The summed E-state index contributed by atoms with van der Waals surface area (Å²) in [6, 6.07) is 10.4. The van der Waals surface area contributed by atoms with Gasteiger partial charge < -0.3 is 5.11 Å². The van der Waals surface area contributed by atoms with Crippen LogP contribution in [0.3, 0.4) is 0 Å². The van der Waals surface area contributed by atoms with E-state index in [0.717, 1.165) is 0 Å². The predicted molar refractivity (Wildman–Crippen MR) is 87.4 cm³/mol. The van der Waals surface area contributed by atoms with E-state index < -0.39 is 21.9 Å². The first-order valence-corrected chi connectivity index (χ1v) is 9.08. The van der Waals surface area contributed by atoms with E-state index in [1.54, 1.807) is 24.3 Å². The van der Waals surface area contributed by atoms with Crippen LogP contribution in [0.15, 0.2) is 42.5 Å². The number of anilines is 1. The van der Waals surface area contributed by atoms with Gasteiger partial charge in [-0.2, -0.15) is 0 Å². The molecule has 1 aliphatic heterocycles. The molecule has 0 spiro atoms. The predicted octanol–water partition coefficient (Wildman–Crippen LogP) is 3.25. The number of aliphatic hydroxyl groups excluding tert-OH is 1. The summed E-state index contributed by atoms with van der Waals surface area (Å²) in [4.78, 5) is 0. The van der Waals surface area contributed by atoms with Crippen LogP contribution in [0.2, 0.25) is 5.02 Å². The summed E-state index contributed by atoms with van der Waals surface area (Å²) in [6.07, 6.45) is -0.626. The van der Waals surface area contributed by atoms with Crippen molar-refractivity contribution in [2.45, 2.75) is 18.3 Å². The summed E-state index contributed by atoms with van der Waals surface area (Å²) in [7, 11) is -3.64. The molecule has 0 saturated heterocycles. The molecule has 0 radical (unpaired) electrons. The molecular weight excluding hydrogens is 341 g/mol. The van der Waals surface area contributed by atoms with Crippen molar-refractivity contribution in [3.05, 3.63) is 64.4 Å². The van der Waals surface area contributed by atoms with Crippen molar-refractivity contribution in [1.82, 2.24) is 0 Å². The molecular formula is C16H15ClFNO3S. The number of rotatable bonds is 3. The van der Waals surface area contributed by atoms with Gasteiger partial charge in [0.05, 0.1) is 17.5 Å². The zero-order valence-corrected chi connectivity index (χ0v) is 13.7. The summed E-state index contributed by atoms with van der Waals surface area (Å²) in [5.74, 6) is -0.684. The molecule has 0 bridgehead atoms. The highest BCUT2D eigenvalue weighted by Gasteiger charge is 2.31. The van der Waals surface area contributed by atoms with Gasteiger partial charge in [-0.25, -0.2) is 12.8 Å². The molecule has 23 heavy (non-hydrogen) atoms. The maximum atomic E-state index is 13.4. The zero-order valence-electron chi connectivity index (χ0n) is 12.1. The molecule has 0 saturated carbocycles. The van der Waals surface area contributed by atoms with Crippen molar-refractivity contribution in [3.8, 4) is 0 Å². The van der Waals surface area contributed by atoms with Crippen molar-refractivity contribution >= 4 is 27.3 Å². The molecule has 4 nitrogen and oxygen atoms in total. The molecule has 0 aromatic heterocycles. The third kappa shape index (κ3) is 3.34. The van der Waals surface area contributed by atoms with Crippen molar-refractivity contribution in [2.75, 3.05) is 10.8 Å². The first-order chi connectivity index (χ1) is 10.9. The molecule has 1 N–H and O–H groups in total. The Labute approximate surface area is 139 Å². The number of nitrogens with zero attached hydrogens (tertiary/aromatic N) is 1. The van der Waals surface area contributed by atoms with Crippen molar-refractivity contribution < 1.29 is 17.9 Å². The maximum Gasteiger partial charge on any atom is 0.239 e. The van der Waals surface area contributed by atoms with Gasteiger partial charge in [-0.15, -0.1) is 0 Å². The Bertz CT molecular complexity index is 824. The highest BCUT2D eigenvalue weighted by molar-refractivity contribution is 7.92. The standard InChI is InChI=1S/C16H15ClFNO3S/c17-12-3-1-11(2-4-12)10-23(21,22)19-8-7-16(20)14-9-13(18)5-6-15(14)19/h1-6,9,16,20H,7-8,10H2. The minimum absolute atomic E-state index is 0.162. The Hall–Kier alpha value is -1.63. The van der Waals surface area contributed by atoms with Gasteiger partial charge in [-0.1, -0.05) is 23.7 Å². The summed E-state index contributed by atoms with van der Waals surface area (Å²) in [5.41, 5.74) is 1.25. The Morgan fingerprint density at radius 2 is 1.91 bits per heavy atom. The smallest absolute Gasteiger partial charge is 0.239 e. The van der Waals surface area contributed by atoms with E-state index >= 15 is 0 Å². The lowest BCUT2D eigenvalue weighted by atomic mass is 10.0. The van der Waals surface area contributed by atoms with Crippen LogP contribution in [0.5, 0.6) is 0 Å². The van der Waals surface area contributed by atoms with E-state index in [1.165, 1.54) is 22.5 Å². The molecule has 0 amide bonds. The van der Waals surface area contributed by atoms with Crippen molar-refractivity contribution in [2.24, 2.45) is 0 Å². The fourth-order valence-electron chi connectivity index (χ4n) is 2.69. The lowest BCUT2D eigenvalue weighted by molar-refractivity contribution is 0.166. The summed E-state index contributed by atoms with van der Waals surface area (Å²) >= 11 is 5.81. The average Bonchev–Trinajstić information content (AvgIpc) is 2.50. The number of benzene rings is 2. The maximum absolute atomic E-state index is 13.4. The number of sulfonamides is 1. The lowest BCUT2D eigenvalue weighted by Gasteiger charge is -2.33. The lowest BCUT2D eigenvalue weighted by Crippen LogP contribution is -2.37. The van der Waals surface area contributed by atoms with Gasteiger partial charge in [-0.3, -0.25) is 4.31 Å². The van der Waals surface area contributed by atoms with E-state index in [0.29, 0.717) is 21.8 Å². The molecule has 1 unspecified atom stereocenters. The number of halogens is 2. The van der Waals surface area contributed by atoms with Gasteiger partial charge in [0.15, 0.2) is 0 Å². The van der Waals surface area contributed by atoms with Crippen LogP contribution < -0.4 is 4.31 Å². The molecule has 0 aliphatic carbocycles. The normalized spacial score (nSPS) is 17.9. The van der Waals surface area contributed by atoms with Gasteiger partial charge in [0.1, 0.15) is 5.82 Å². The quantitative estimate of drug-likeness (QED) is 0.919. The van der Waals surface area contributed by atoms with Gasteiger partial charge >= 0.3 is 0 Å². The molecule has 7 heteroatoms. The van der Waals surface area contributed by atoms with Crippen molar-refractivity contribution in [3.63, 3.8) is 0 Å². The second kappa shape index (κ2) is 6.11. The molecule has 1 heterocycles. The van der Waals surface area contributed by atoms with E-state index in [4.69, 9.17) is 11.6 Å². The fraction of sp³-hybridized carbons (Fsp3) is 0.250. The highest BCUT2D eigenvalue weighted by atomic mass is 35.5. The van der Waals surface area contributed by atoms with Gasteiger partial charge in [0.25, 0.3) is 0 Å². The Balaban J connectivity index is 1.95. The minimum atomic E-state index is -3.64. The molecule has 3 rings (SSSR count). The van der Waals surface area contributed by atoms with Crippen molar-refractivity contribution in [1.29, 1.82) is 0 Å². The number of aliphatic hydroxyl groups is 1. The number of fused-ring (bicyclic) bond motifs is 1. The summed E-state index contributed by atoms with van der Waals surface area (Å²) in [6.45, 7) is 0.162. The molecule has 0 fully saturated rings. The average molecular weight is 356 g/mol. The van der Waals surface area contributed by atoms with E-state index in [1.807, 2.05) is 0 Å². The Morgan fingerprint density at radius 3 is 2.61 bits per heavy atom. The third-order valence-electron chi connectivity index (χ3n) is 3.82. The number of hydrogen-bond donors (Lipinski definition) is 1. The van der Waals surface area contributed by atoms with Crippen LogP contribution in [0, 0.1) is 5.82 Å². The van der Waals surface area contributed by atoms with E-state index in [9.17, 15) is 17.9 Å². The first-order valence-electron chi connectivity index (χ1n) is 7.09. The Morgan fingerprint density at radius 1 is 1.22 bits per heavy atom. The highest BCUT2D eigenvalue weighted by Crippen LogP contribution is 2.36. The Kier molecular flexibility index (Phi) is 4.31. The van der Waals surface area contributed by atoms with Crippen LogP contribution in [0.4, 0.5) is 10.1 Å². The van der Waals surface area contributed by atoms with Crippen LogP contribution in [-0.2, 0) is 15.8 Å². The summed E-state index contributed by atoms with van der Waals surface area (Å²) < 4.78 is 40.0. The second-order valence-corrected chi connectivity index (χ2v) is 7.79.